The first-order valence-electron chi connectivity index (χ1n) is 10.5. The van der Waals surface area contributed by atoms with Gasteiger partial charge in [-0.2, -0.15) is 0 Å². The second kappa shape index (κ2) is 9.96. The number of anilines is 2. The molecule has 2 aliphatic rings. The van der Waals surface area contributed by atoms with Crippen molar-refractivity contribution in [3.05, 3.63) is 24.3 Å². The van der Waals surface area contributed by atoms with Crippen molar-refractivity contribution in [3.63, 3.8) is 0 Å². The number of nitrogens with one attached hydrogen (secondary N) is 2. The molecule has 0 unspecified atom stereocenters. The minimum Gasteiger partial charge on any atom is -0.385 e. The van der Waals surface area contributed by atoms with Gasteiger partial charge >= 0.3 is 0 Å². The van der Waals surface area contributed by atoms with Crippen LogP contribution in [0.25, 0.3) is 0 Å². The smallest absolute Gasteiger partial charge is 0.0341 e. The molecule has 0 atom stereocenters. The van der Waals surface area contributed by atoms with E-state index in [4.69, 9.17) is 0 Å². The molecule has 0 bridgehead atoms. The van der Waals surface area contributed by atoms with Gasteiger partial charge < -0.3 is 10.6 Å². The molecule has 2 N–H and O–H groups in total. The van der Waals surface area contributed by atoms with Crippen molar-refractivity contribution in [1.29, 1.82) is 0 Å². The molecule has 2 nitrogen and oxygen atoms in total. The van der Waals surface area contributed by atoms with Gasteiger partial charge in [-0.1, -0.05) is 64.2 Å². The van der Waals surface area contributed by atoms with E-state index in [9.17, 15) is 0 Å². The standard InChI is InChI=1S/C22H36N2/c1-3-7-19(8-4-1)15-17-23-21-11-13-22(14-12-21)24-18-16-20-9-5-2-6-10-20/h11-14,19-20,23-24H,1-10,15-18H2. The minimum atomic E-state index is 0.965. The molecule has 0 saturated heterocycles. The Labute approximate surface area is 148 Å². The predicted molar refractivity (Wildman–Crippen MR) is 106 cm³/mol. The maximum atomic E-state index is 3.60. The van der Waals surface area contributed by atoms with E-state index in [0.717, 1.165) is 24.9 Å². The van der Waals surface area contributed by atoms with Crippen molar-refractivity contribution >= 4 is 11.4 Å². The van der Waals surface area contributed by atoms with Crippen LogP contribution in [0, 0.1) is 11.8 Å². The molecule has 0 heterocycles. The maximum Gasteiger partial charge on any atom is 0.0341 e. The zero-order valence-corrected chi connectivity index (χ0v) is 15.4. The van der Waals surface area contributed by atoms with Crippen LogP contribution in [0.1, 0.15) is 77.0 Å². The molecule has 0 amide bonds. The van der Waals surface area contributed by atoms with Crippen LogP contribution in [0.5, 0.6) is 0 Å². The molecule has 1 aromatic carbocycles. The van der Waals surface area contributed by atoms with Gasteiger partial charge in [0.05, 0.1) is 0 Å². The van der Waals surface area contributed by atoms with Crippen LogP contribution in [-0.2, 0) is 0 Å². The van der Waals surface area contributed by atoms with E-state index in [1.165, 1.54) is 88.4 Å². The van der Waals surface area contributed by atoms with Crippen LogP contribution in [0.4, 0.5) is 11.4 Å². The second-order valence-electron chi connectivity index (χ2n) is 8.02. The molecule has 0 spiro atoms. The lowest BCUT2D eigenvalue weighted by atomic mass is 9.87. The Morgan fingerprint density at radius 2 is 0.958 bits per heavy atom. The largest absolute Gasteiger partial charge is 0.385 e. The number of rotatable bonds is 8. The first-order valence-corrected chi connectivity index (χ1v) is 10.5. The van der Waals surface area contributed by atoms with Crippen molar-refractivity contribution < 1.29 is 0 Å². The van der Waals surface area contributed by atoms with Gasteiger partial charge in [0.2, 0.25) is 0 Å². The van der Waals surface area contributed by atoms with Gasteiger partial charge in [0.15, 0.2) is 0 Å². The first kappa shape index (κ1) is 17.6. The Kier molecular flexibility index (Phi) is 7.32. The molecule has 2 heteroatoms. The Morgan fingerprint density at radius 1 is 0.583 bits per heavy atom. The fourth-order valence-corrected chi connectivity index (χ4v) is 4.50. The van der Waals surface area contributed by atoms with Gasteiger partial charge in [0, 0.05) is 24.5 Å². The third-order valence-electron chi connectivity index (χ3n) is 6.10. The Bertz CT molecular complexity index is 399. The summed E-state index contributed by atoms with van der Waals surface area (Å²) < 4.78 is 0. The van der Waals surface area contributed by atoms with Crippen molar-refractivity contribution in [2.45, 2.75) is 77.0 Å². The SMILES string of the molecule is c1cc(NCCC2CCCCC2)ccc1NCCC1CCCCC1. The van der Waals surface area contributed by atoms with Crippen molar-refractivity contribution in [2.75, 3.05) is 23.7 Å². The summed E-state index contributed by atoms with van der Waals surface area (Å²) in [7, 11) is 0. The minimum absolute atomic E-state index is 0.965. The van der Waals surface area contributed by atoms with Gasteiger partial charge in [-0.25, -0.2) is 0 Å². The second-order valence-corrected chi connectivity index (χ2v) is 8.02. The summed E-state index contributed by atoms with van der Waals surface area (Å²) in [5, 5.41) is 7.20. The van der Waals surface area contributed by atoms with E-state index in [-0.39, 0.29) is 0 Å². The molecule has 2 fully saturated rings. The van der Waals surface area contributed by atoms with E-state index in [1.807, 2.05) is 0 Å². The lowest BCUT2D eigenvalue weighted by Crippen LogP contribution is -2.12. The number of benzene rings is 1. The quantitative estimate of drug-likeness (QED) is 0.573. The molecule has 1 aromatic rings. The zero-order chi connectivity index (χ0) is 16.5. The third-order valence-corrected chi connectivity index (χ3v) is 6.10. The average Bonchev–Trinajstić information content (AvgIpc) is 2.65. The van der Waals surface area contributed by atoms with Crippen LogP contribution < -0.4 is 10.6 Å². The van der Waals surface area contributed by atoms with Crippen molar-refractivity contribution in [2.24, 2.45) is 11.8 Å². The van der Waals surface area contributed by atoms with Crippen LogP contribution in [0.3, 0.4) is 0 Å². The molecular formula is C22H36N2. The summed E-state index contributed by atoms with van der Waals surface area (Å²) in [5.41, 5.74) is 2.53. The highest BCUT2D eigenvalue weighted by Crippen LogP contribution is 2.27. The molecule has 2 saturated carbocycles. The van der Waals surface area contributed by atoms with Crippen LogP contribution in [0.2, 0.25) is 0 Å². The van der Waals surface area contributed by atoms with E-state index < -0.39 is 0 Å². The van der Waals surface area contributed by atoms with Gasteiger partial charge in [0.25, 0.3) is 0 Å². The average molecular weight is 329 g/mol. The molecule has 0 radical (unpaired) electrons. The Hall–Kier alpha value is -1.18. The fraction of sp³-hybridized carbons (Fsp3) is 0.727. The highest BCUT2D eigenvalue weighted by molar-refractivity contribution is 5.53. The summed E-state index contributed by atoms with van der Waals surface area (Å²) >= 11 is 0. The summed E-state index contributed by atoms with van der Waals surface area (Å²) in [6.07, 6.45) is 17.2. The van der Waals surface area contributed by atoms with Crippen LogP contribution in [0.15, 0.2) is 24.3 Å². The highest BCUT2D eigenvalue weighted by atomic mass is 14.9. The highest BCUT2D eigenvalue weighted by Gasteiger charge is 2.13. The topological polar surface area (TPSA) is 24.1 Å². The Balaban J connectivity index is 1.31. The lowest BCUT2D eigenvalue weighted by Gasteiger charge is -2.22. The Morgan fingerprint density at radius 3 is 1.33 bits per heavy atom. The van der Waals surface area contributed by atoms with E-state index in [0.29, 0.717) is 0 Å². The summed E-state index contributed by atoms with van der Waals surface area (Å²) in [6.45, 7) is 2.25. The maximum absolute atomic E-state index is 3.60. The zero-order valence-electron chi connectivity index (χ0n) is 15.4. The third kappa shape index (κ3) is 6.03. The molecule has 0 aliphatic heterocycles. The van der Waals surface area contributed by atoms with Crippen LogP contribution in [-0.4, -0.2) is 13.1 Å². The van der Waals surface area contributed by atoms with E-state index in [2.05, 4.69) is 34.9 Å². The molecule has 2 aliphatic carbocycles. The van der Waals surface area contributed by atoms with E-state index in [1.54, 1.807) is 0 Å². The molecule has 3 rings (SSSR count). The van der Waals surface area contributed by atoms with Crippen LogP contribution >= 0.6 is 0 Å². The van der Waals surface area contributed by atoms with Gasteiger partial charge in [-0.15, -0.1) is 0 Å². The summed E-state index contributed by atoms with van der Waals surface area (Å²) in [6, 6.07) is 8.90. The fourth-order valence-electron chi connectivity index (χ4n) is 4.50. The number of hydrogen-bond acceptors (Lipinski definition) is 2. The van der Waals surface area contributed by atoms with Crippen molar-refractivity contribution in [3.8, 4) is 0 Å². The summed E-state index contributed by atoms with van der Waals surface area (Å²) in [4.78, 5) is 0. The van der Waals surface area contributed by atoms with Gasteiger partial charge in [-0.3, -0.25) is 0 Å². The monoisotopic (exact) mass is 328 g/mol. The van der Waals surface area contributed by atoms with E-state index >= 15 is 0 Å². The number of hydrogen-bond donors (Lipinski definition) is 2. The predicted octanol–water partition coefficient (Wildman–Crippen LogP) is 6.45. The summed E-state index contributed by atoms with van der Waals surface area (Å²) in [5.74, 6) is 1.93. The molecule has 134 valence electrons. The molecule has 24 heavy (non-hydrogen) atoms. The van der Waals surface area contributed by atoms with Gasteiger partial charge in [-0.05, 0) is 48.9 Å². The normalized spacial score (nSPS) is 20.0. The molecular weight excluding hydrogens is 292 g/mol. The first-order chi connectivity index (χ1) is 11.9. The van der Waals surface area contributed by atoms with Gasteiger partial charge in [0.1, 0.15) is 0 Å². The lowest BCUT2D eigenvalue weighted by molar-refractivity contribution is 0.345. The van der Waals surface area contributed by atoms with Crippen molar-refractivity contribution in [1.82, 2.24) is 0 Å². The molecule has 0 aromatic heterocycles.